The van der Waals surface area contributed by atoms with Crippen LogP contribution in [-0.4, -0.2) is 10.6 Å². The number of halogens is 3. The van der Waals surface area contributed by atoms with Crippen molar-refractivity contribution in [2.24, 2.45) is 5.10 Å². The third-order valence-corrected chi connectivity index (χ3v) is 3.05. The molecule has 120 valence electrons. The first kappa shape index (κ1) is 16.5. The topological polar surface area (TPSA) is 67.5 Å². The molecule has 0 amide bonds. The van der Waals surface area contributed by atoms with Crippen molar-refractivity contribution in [1.29, 1.82) is 0 Å². The van der Waals surface area contributed by atoms with E-state index in [0.29, 0.717) is 11.3 Å². The fourth-order valence-electron chi connectivity index (χ4n) is 1.88. The van der Waals surface area contributed by atoms with Gasteiger partial charge in [0.2, 0.25) is 0 Å². The van der Waals surface area contributed by atoms with Gasteiger partial charge < -0.3 is 0 Å². The van der Waals surface area contributed by atoms with E-state index in [-0.39, 0.29) is 11.4 Å². The van der Waals surface area contributed by atoms with E-state index in [1.807, 2.05) is 0 Å². The van der Waals surface area contributed by atoms with Gasteiger partial charge in [-0.1, -0.05) is 24.3 Å². The van der Waals surface area contributed by atoms with Crippen molar-refractivity contribution in [3.63, 3.8) is 0 Å². The molecule has 8 heteroatoms. The highest BCUT2D eigenvalue weighted by Gasteiger charge is 2.33. The van der Waals surface area contributed by atoms with Gasteiger partial charge >= 0.3 is 6.18 Å². The zero-order chi connectivity index (χ0) is 17.0. The molecule has 0 aliphatic rings. The van der Waals surface area contributed by atoms with Gasteiger partial charge in [0.15, 0.2) is 0 Å². The maximum Gasteiger partial charge on any atom is 0.418 e. The fraction of sp³-hybridized carbons (Fsp3) is 0.133. The van der Waals surface area contributed by atoms with Crippen molar-refractivity contribution in [3.8, 4) is 0 Å². The summed E-state index contributed by atoms with van der Waals surface area (Å²) in [5.41, 5.74) is 1.99. The van der Waals surface area contributed by atoms with E-state index in [9.17, 15) is 23.3 Å². The Hall–Kier alpha value is -2.90. The Balaban J connectivity index is 2.27. The minimum atomic E-state index is -4.50. The first-order chi connectivity index (χ1) is 10.8. The number of hydrogen-bond donors (Lipinski definition) is 1. The number of hydrazone groups is 1. The Bertz CT molecular complexity index is 758. The molecule has 1 N–H and O–H groups in total. The molecule has 0 aliphatic carbocycles. The molecule has 0 spiro atoms. The second kappa shape index (κ2) is 6.47. The standard InChI is InChI=1S/C15H12F3N3O2/c1-10(11-5-4-6-12(9-11)21(22)23)19-20-14-8-3-2-7-13(14)15(16,17)18/h2-9,20H,1H3/b19-10-. The van der Waals surface area contributed by atoms with Gasteiger partial charge in [-0.15, -0.1) is 0 Å². The molecular formula is C15H12F3N3O2. The fourth-order valence-corrected chi connectivity index (χ4v) is 1.88. The molecule has 0 atom stereocenters. The van der Waals surface area contributed by atoms with Crippen molar-refractivity contribution < 1.29 is 18.1 Å². The number of nitro groups is 1. The number of anilines is 1. The van der Waals surface area contributed by atoms with Gasteiger partial charge in [0.25, 0.3) is 5.69 Å². The molecule has 0 bridgehead atoms. The summed E-state index contributed by atoms with van der Waals surface area (Å²) in [6.45, 7) is 1.54. The molecule has 0 aromatic heterocycles. The van der Waals surface area contributed by atoms with Gasteiger partial charge in [-0.3, -0.25) is 15.5 Å². The summed E-state index contributed by atoms with van der Waals surface area (Å²) in [5.74, 6) is 0. The number of hydrogen-bond acceptors (Lipinski definition) is 4. The van der Waals surface area contributed by atoms with Crippen LogP contribution in [0.4, 0.5) is 24.5 Å². The molecule has 2 aromatic rings. The second-order valence-corrected chi connectivity index (χ2v) is 4.66. The lowest BCUT2D eigenvalue weighted by molar-refractivity contribution is -0.384. The summed E-state index contributed by atoms with van der Waals surface area (Å²) in [6, 6.07) is 10.6. The molecule has 0 radical (unpaired) electrons. The minimum absolute atomic E-state index is 0.118. The van der Waals surface area contributed by atoms with Crippen molar-refractivity contribution in [2.75, 3.05) is 5.43 Å². The van der Waals surface area contributed by atoms with E-state index in [1.165, 1.54) is 36.4 Å². The number of alkyl halides is 3. The van der Waals surface area contributed by atoms with Crippen LogP contribution in [0.5, 0.6) is 0 Å². The van der Waals surface area contributed by atoms with Crippen LogP contribution in [0, 0.1) is 10.1 Å². The molecule has 0 saturated heterocycles. The summed E-state index contributed by atoms with van der Waals surface area (Å²) in [4.78, 5) is 10.2. The van der Waals surface area contributed by atoms with Gasteiger partial charge in [0.1, 0.15) is 0 Å². The second-order valence-electron chi connectivity index (χ2n) is 4.66. The van der Waals surface area contributed by atoms with Crippen LogP contribution in [0.15, 0.2) is 53.6 Å². The van der Waals surface area contributed by atoms with Crippen LogP contribution in [0.3, 0.4) is 0 Å². The van der Waals surface area contributed by atoms with Crippen molar-refractivity contribution in [2.45, 2.75) is 13.1 Å². The highest BCUT2D eigenvalue weighted by molar-refractivity contribution is 5.99. The minimum Gasteiger partial charge on any atom is -0.278 e. The quantitative estimate of drug-likeness (QED) is 0.513. The average Bonchev–Trinajstić information content (AvgIpc) is 2.52. The number of nitrogens with zero attached hydrogens (tertiary/aromatic N) is 2. The van der Waals surface area contributed by atoms with E-state index in [1.54, 1.807) is 13.0 Å². The van der Waals surface area contributed by atoms with Gasteiger partial charge in [-0.05, 0) is 19.1 Å². The molecule has 0 unspecified atom stereocenters. The Morgan fingerprint density at radius 1 is 1.17 bits per heavy atom. The highest BCUT2D eigenvalue weighted by Crippen LogP contribution is 2.34. The summed E-state index contributed by atoms with van der Waals surface area (Å²) in [7, 11) is 0. The average molecular weight is 323 g/mol. The SMILES string of the molecule is C/C(=N/Nc1ccccc1C(F)(F)F)c1cccc([N+](=O)[O-])c1. The van der Waals surface area contributed by atoms with E-state index in [0.717, 1.165) is 6.07 Å². The zero-order valence-electron chi connectivity index (χ0n) is 12.0. The number of nitrogens with one attached hydrogen (secondary N) is 1. The largest absolute Gasteiger partial charge is 0.418 e. The van der Waals surface area contributed by atoms with E-state index >= 15 is 0 Å². The third kappa shape index (κ3) is 4.06. The maximum absolute atomic E-state index is 12.9. The molecular weight excluding hydrogens is 311 g/mol. The summed E-state index contributed by atoms with van der Waals surface area (Å²) in [6.07, 6.45) is -4.50. The zero-order valence-corrected chi connectivity index (χ0v) is 12.0. The van der Waals surface area contributed by atoms with Crippen molar-refractivity contribution in [3.05, 3.63) is 69.8 Å². The Morgan fingerprint density at radius 2 is 1.87 bits per heavy atom. The highest BCUT2D eigenvalue weighted by atomic mass is 19.4. The van der Waals surface area contributed by atoms with Gasteiger partial charge in [-0.2, -0.15) is 18.3 Å². The van der Waals surface area contributed by atoms with Crippen LogP contribution < -0.4 is 5.43 Å². The molecule has 0 heterocycles. The third-order valence-electron chi connectivity index (χ3n) is 3.05. The number of para-hydroxylation sites is 1. The summed E-state index contributed by atoms with van der Waals surface area (Å²) >= 11 is 0. The number of benzene rings is 2. The lowest BCUT2D eigenvalue weighted by atomic mass is 10.1. The van der Waals surface area contributed by atoms with Crippen LogP contribution in [0.1, 0.15) is 18.1 Å². The molecule has 0 fully saturated rings. The predicted molar refractivity (Wildman–Crippen MR) is 80.4 cm³/mol. The summed E-state index contributed by atoms with van der Waals surface area (Å²) < 4.78 is 38.6. The van der Waals surface area contributed by atoms with Gasteiger partial charge in [0, 0.05) is 17.7 Å². The molecule has 5 nitrogen and oxygen atoms in total. The normalized spacial score (nSPS) is 12.1. The Kier molecular flexibility index (Phi) is 4.63. The summed E-state index contributed by atoms with van der Waals surface area (Å²) in [5, 5.41) is 14.6. The molecule has 23 heavy (non-hydrogen) atoms. The van der Waals surface area contributed by atoms with E-state index < -0.39 is 16.7 Å². The number of nitro benzene ring substituents is 1. The Morgan fingerprint density at radius 3 is 2.52 bits per heavy atom. The van der Waals surface area contributed by atoms with E-state index in [4.69, 9.17) is 0 Å². The van der Waals surface area contributed by atoms with Gasteiger partial charge in [0.05, 0.1) is 21.9 Å². The Labute approximate surface area is 129 Å². The number of non-ortho nitro benzene ring substituents is 1. The van der Waals surface area contributed by atoms with E-state index in [2.05, 4.69) is 10.5 Å². The molecule has 0 aliphatic heterocycles. The van der Waals surface area contributed by atoms with Gasteiger partial charge in [-0.25, -0.2) is 0 Å². The predicted octanol–water partition coefficient (Wildman–Crippen LogP) is 4.45. The maximum atomic E-state index is 12.9. The van der Waals surface area contributed by atoms with Crippen molar-refractivity contribution in [1.82, 2.24) is 0 Å². The molecule has 2 rings (SSSR count). The molecule has 2 aromatic carbocycles. The van der Waals surface area contributed by atoms with Crippen LogP contribution in [0.25, 0.3) is 0 Å². The van der Waals surface area contributed by atoms with Crippen LogP contribution in [-0.2, 0) is 6.18 Å². The van der Waals surface area contributed by atoms with Crippen LogP contribution >= 0.6 is 0 Å². The first-order valence-corrected chi connectivity index (χ1v) is 6.50. The van der Waals surface area contributed by atoms with Crippen molar-refractivity contribution >= 4 is 17.1 Å². The lowest BCUT2D eigenvalue weighted by Crippen LogP contribution is -2.09. The lowest BCUT2D eigenvalue weighted by Gasteiger charge is -2.12. The van der Waals surface area contributed by atoms with Crippen LogP contribution in [0.2, 0.25) is 0 Å². The first-order valence-electron chi connectivity index (χ1n) is 6.50. The molecule has 0 saturated carbocycles. The monoisotopic (exact) mass is 323 g/mol. The number of rotatable bonds is 4. The smallest absolute Gasteiger partial charge is 0.278 e.